The molecule has 0 radical (unpaired) electrons. The van der Waals surface area contributed by atoms with E-state index in [1.807, 2.05) is 19.0 Å². The van der Waals surface area contributed by atoms with Crippen molar-refractivity contribution in [3.63, 3.8) is 0 Å². The number of carbonyl (C=O) groups is 2. The van der Waals surface area contributed by atoms with Crippen molar-refractivity contribution in [3.05, 3.63) is 10.6 Å². The molecule has 0 amide bonds. The number of ketones is 1. The average molecular weight is 301 g/mol. The van der Waals surface area contributed by atoms with E-state index < -0.39 is 5.97 Å². The lowest BCUT2D eigenvalue weighted by atomic mass is 10.3. The Balaban J connectivity index is 2.43. The van der Waals surface area contributed by atoms with Crippen molar-refractivity contribution in [2.45, 2.75) is 6.92 Å². The van der Waals surface area contributed by atoms with Gasteiger partial charge in [-0.25, -0.2) is 9.78 Å². The van der Waals surface area contributed by atoms with E-state index in [2.05, 4.69) is 10.3 Å². The van der Waals surface area contributed by atoms with Gasteiger partial charge in [-0.1, -0.05) is 11.3 Å². The summed E-state index contributed by atoms with van der Waals surface area (Å²) in [6.45, 7) is 3.80. The van der Waals surface area contributed by atoms with Crippen molar-refractivity contribution in [1.82, 2.24) is 9.88 Å². The van der Waals surface area contributed by atoms with Gasteiger partial charge < -0.3 is 20.1 Å². The summed E-state index contributed by atoms with van der Waals surface area (Å²) in [5.74, 6) is -1.49. The Bertz CT molecular complexity index is 442. The highest BCUT2D eigenvalue weighted by Crippen LogP contribution is 2.23. The standard InChI is InChI=1S/C12H19N3O4S/c1-8(16)10-9(11(17)18)14-12(20-10)13-4-6-19-7-5-15(2)3/h4-7H2,1-3H3,(H,13,14)(H,17,18). The molecular weight excluding hydrogens is 282 g/mol. The molecule has 0 fully saturated rings. The van der Waals surface area contributed by atoms with Crippen LogP contribution < -0.4 is 5.32 Å². The van der Waals surface area contributed by atoms with Gasteiger partial charge in [0, 0.05) is 20.0 Å². The maximum Gasteiger partial charge on any atom is 0.356 e. The maximum absolute atomic E-state index is 11.3. The fraction of sp³-hybridized carbons (Fsp3) is 0.583. The number of carbonyl (C=O) groups excluding carboxylic acids is 1. The number of hydrogen-bond acceptors (Lipinski definition) is 7. The van der Waals surface area contributed by atoms with E-state index in [9.17, 15) is 9.59 Å². The zero-order valence-electron chi connectivity index (χ0n) is 11.8. The number of carboxylic acid groups (broad SMARTS) is 1. The molecule has 0 saturated heterocycles. The van der Waals surface area contributed by atoms with Crippen LogP contribution in [0.4, 0.5) is 5.13 Å². The van der Waals surface area contributed by atoms with Gasteiger partial charge in [-0.2, -0.15) is 0 Å². The van der Waals surface area contributed by atoms with E-state index in [-0.39, 0.29) is 16.4 Å². The Hall–Kier alpha value is -1.51. The molecule has 2 N–H and O–H groups in total. The van der Waals surface area contributed by atoms with Crippen LogP contribution in [0, 0.1) is 0 Å². The molecule has 0 atom stereocenters. The molecule has 112 valence electrons. The van der Waals surface area contributed by atoms with E-state index in [1.165, 1.54) is 6.92 Å². The third-order valence-corrected chi connectivity index (χ3v) is 3.47. The van der Waals surface area contributed by atoms with Gasteiger partial charge in [-0.15, -0.1) is 0 Å². The molecule has 0 unspecified atom stereocenters. The highest BCUT2D eigenvalue weighted by molar-refractivity contribution is 7.17. The summed E-state index contributed by atoms with van der Waals surface area (Å²) in [6.07, 6.45) is 0. The van der Waals surface area contributed by atoms with Crippen LogP contribution in [-0.2, 0) is 4.74 Å². The largest absolute Gasteiger partial charge is 0.476 e. The highest BCUT2D eigenvalue weighted by Gasteiger charge is 2.20. The third-order valence-electron chi connectivity index (χ3n) is 2.35. The predicted octanol–water partition coefficient (Wildman–Crippen LogP) is 1.03. The summed E-state index contributed by atoms with van der Waals surface area (Å²) in [5.41, 5.74) is -0.196. The van der Waals surface area contributed by atoms with Crippen LogP contribution in [0.3, 0.4) is 0 Å². The van der Waals surface area contributed by atoms with Gasteiger partial charge in [0.2, 0.25) is 0 Å². The number of likely N-dealkylation sites (N-methyl/N-ethyl adjacent to an activating group) is 1. The Labute approximate surface area is 121 Å². The molecule has 0 saturated carbocycles. The molecule has 0 spiro atoms. The van der Waals surface area contributed by atoms with Gasteiger partial charge in [0.05, 0.1) is 13.2 Å². The van der Waals surface area contributed by atoms with Crippen molar-refractivity contribution >= 4 is 28.2 Å². The smallest absolute Gasteiger partial charge is 0.356 e. The first-order chi connectivity index (χ1) is 9.41. The minimum absolute atomic E-state index is 0.161. The fourth-order valence-electron chi connectivity index (χ4n) is 1.36. The second-order valence-corrected chi connectivity index (χ2v) is 5.40. The minimum atomic E-state index is -1.19. The zero-order chi connectivity index (χ0) is 15.1. The molecule has 0 aliphatic heterocycles. The molecule has 1 aromatic heterocycles. The molecule has 1 aromatic rings. The van der Waals surface area contributed by atoms with Gasteiger partial charge in [0.25, 0.3) is 0 Å². The molecule has 0 aliphatic rings. The number of nitrogens with zero attached hydrogens (tertiary/aromatic N) is 2. The van der Waals surface area contributed by atoms with Crippen molar-refractivity contribution in [3.8, 4) is 0 Å². The third kappa shape index (κ3) is 5.24. The van der Waals surface area contributed by atoms with Crippen molar-refractivity contribution in [2.24, 2.45) is 0 Å². The van der Waals surface area contributed by atoms with Crippen LogP contribution in [-0.4, -0.2) is 67.1 Å². The first kappa shape index (κ1) is 16.5. The van der Waals surface area contributed by atoms with Crippen molar-refractivity contribution in [1.29, 1.82) is 0 Å². The van der Waals surface area contributed by atoms with Crippen LogP contribution in [0.5, 0.6) is 0 Å². The van der Waals surface area contributed by atoms with Crippen LogP contribution in [0.1, 0.15) is 27.1 Å². The quantitative estimate of drug-likeness (QED) is 0.520. The van der Waals surface area contributed by atoms with Gasteiger partial charge in [0.1, 0.15) is 4.88 Å². The second-order valence-electron chi connectivity index (χ2n) is 4.40. The minimum Gasteiger partial charge on any atom is -0.476 e. The molecule has 8 heteroatoms. The van der Waals surface area contributed by atoms with Crippen LogP contribution in [0.15, 0.2) is 0 Å². The summed E-state index contributed by atoms with van der Waals surface area (Å²) >= 11 is 1.05. The summed E-state index contributed by atoms with van der Waals surface area (Å²) in [6, 6.07) is 0. The van der Waals surface area contributed by atoms with E-state index >= 15 is 0 Å². The Kier molecular flexibility index (Phi) is 6.56. The lowest BCUT2D eigenvalue weighted by Crippen LogP contribution is -2.20. The summed E-state index contributed by atoms with van der Waals surface area (Å²) < 4.78 is 5.39. The molecule has 0 aliphatic carbocycles. The fourth-order valence-corrected chi connectivity index (χ4v) is 2.24. The van der Waals surface area contributed by atoms with Gasteiger partial charge in [-0.3, -0.25) is 4.79 Å². The number of aromatic carboxylic acids is 1. The molecule has 20 heavy (non-hydrogen) atoms. The number of rotatable bonds is 9. The first-order valence-electron chi connectivity index (χ1n) is 6.13. The van der Waals surface area contributed by atoms with Gasteiger partial charge in [0.15, 0.2) is 16.6 Å². The van der Waals surface area contributed by atoms with Crippen LogP contribution in [0.25, 0.3) is 0 Å². The molecule has 1 heterocycles. The molecule has 0 aromatic carbocycles. The second kappa shape index (κ2) is 7.93. The number of hydrogen-bond donors (Lipinski definition) is 2. The van der Waals surface area contributed by atoms with Crippen LogP contribution in [0.2, 0.25) is 0 Å². The Morgan fingerprint density at radius 1 is 1.40 bits per heavy atom. The summed E-state index contributed by atoms with van der Waals surface area (Å²) in [5, 5.41) is 12.3. The lowest BCUT2D eigenvalue weighted by molar-refractivity contribution is 0.0687. The van der Waals surface area contributed by atoms with E-state index in [0.717, 1.165) is 17.9 Å². The first-order valence-corrected chi connectivity index (χ1v) is 6.95. The molecule has 7 nitrogen and oxygen atoms in total. The van der Waals surface area contributed by atoms with E-state index in [0.29, 0.717) is 24.9 Å². The number of anilines is 1. The number of aromatic nitrogens is 1. The highest BCUT2D eigenvalue weighted by atomic mass is 32.1. The summed E-state index contributed by atoms with van der Waals surface area (Å²) in [4.78, 5) is 28.3. The molecule has 1 rings (SSSR count). The number of nitrogens with one attached hydrogen (secondary N) is 1. The number of thiazole rings is 1. The average Bonchev–Trinajstić information content (AvgIpc) is 2.77. The molecular formula is C12H19N3O4S. The van der Waals surface area contributed by atoms with Crippen LogP contribution >= 0.6 is 11.3 Å². The monoisotopic (exact) mass is 301 g/mol. The topological polar surface area (TPSA) is 91.8 Å². The predicted molar refractivity (Wildman–Crippen MR) is 76.9 cm³/mol. The van der Waals surface area contributed by atoms with Gasteiger partial charge in [-0.05, 0) is 14.1 Å². The molecule has 0 bridgehead atoms. The number of carboxylic acids is 1. The van der Waals surface area contributed by atoms with Crippen molar-refractivity contribution < 1.29 is 19.4 Å². The number of Topliss-reactive ketones (excluding diaryl/α,β-unsaturated/α-hetero) is 1. The Morgan fingerprint density at radius 3 is 2.60 bits per heavy atom. The van der Waals surface area contributed by atoms with Crippen molar-refractivity contribution in [2.75, 3.05) is 45.7 Å². The summed E-state index contributed by atoms with van der Waals surface area (Å²) in [7, 11) is 3.93. The van der Waals surface area contributed by atoms with E-state index in [4.69, 9.17) is 9.84 Å². The normalized spacial score (nSPS) is 10.8. The van der Waals surface area contributed by atoms with E-state index in [1.54, 1.807) is 0 Å². The zero-order valence-corrected chi connectivity index (χ0v) is 12.6. The SMILES string of the molecule is CC(=O)c1sc(NCCOCCN(C)C)nc1C(=O)O. The van der Waals surface area contributed by atoms with Gasteiger partial charge >= 0.3 is 5.97 Å². The lowest BCUT2D eigenvalue weighted by Gasteiger charge is -2.09. The number of ether oxygens (including phenoxy) is 1. The maximum atomic E-state index is 11.3. The Morgan fingerprint density at radius 2 is 2.10 bits per heavy atom.